The molecule has 0 aromatic rings. The minimum absolute atomic E-state index is 0.101. The molecule has 1 heterocycles. The molecule has 1 aliphatic heterocycles. The van der Waals surface area contributed by atoms with Crippen LogP contribution in [0.4, 0.5) is 0 Å². The summed E-state index contributed by atoms with van der Waals surface area (Å²) in [6, 6.07) is 0. The second-order valence-corrected chi connectivity index (χ2v) is 8.26. The van der Waals surface area contributed by atoms with Crippen LogP contribution in [-0.2, 0) is 19.1 Å². The first kappa shape index (κ1) is 19.4. The molecule has 0 N–H and O–H groups in total. The third-order valence-electron chi connectivity index (χ3n) is 3.39. The molecule has 0 amide bonds. The second kappa shape index (κ2) is 11.0. The number of hydrogen-bond acceptors (Lipinski definition) is 6. The number of ether oxygens (including phenoxy) is 2. The highest BCUT2D eigenvalue weighted by molar-refractivity contribution is 8.77. The van der Waals surface area contributed by atoms with Crippen molar-refractivity contribution in [1.29, 1.82) is 0 Å². The maximum atomic E-state index is 11.8. The van der Waals surface area contributed by atoms with Crippen LogP contribution >= 0.6 is 21.6 Å². The van der Waals surface area contributed by atoms with Gasteiger partial charge in [0.15, 0.2) is 0 Å². The van der Waals surface area contributed by atoms with Crippen molar-refractivity contribution < 1.29 is 19.1 Å². The van der Waals surface area contributed by atoms with Crippen LogP contribution in [0, 0.1) is 0 Å². The first-order valence-electron chi connectivity index (χ1n) is 7.83. The van der Waals surface area contributed by atoms with E-state index in [0.29, 0.717) is 18.4 Å². The van der Waals surface area contributed by atoms with Crippen molar-refractivity contribution in [3.63, 3.8) is 0 Å². The van der Waals surface area contributed by atoms with E-state index in [4.69, 9.17) is 9.47 Å². The van der Waals surface area contributed by atoms with Gasteiger partial charge in [-0.1, -0.05) is 41.5 Å². The lowest BCUT2D eigenvalue weighted by atomic mass is 10.1. The highest BCUT2D eigenvalue weighted by Crippen LogP contribution is 2.39. The molecule has 0 radical (unpaired) electrons. The van der Waals surface area contributed by atoms with Gasteiger partial charge in [-0.25, -0.2) is 4.79 Å². The maximum absolute atomic E-state index is 11.8. The Bertz CT molecular complexity index is 378. The molecule has 2 unspecified atom stereocenters. The predicted molar refractivity (Wildman–Crippen MR) is 92.9 cm³/mol. The summed E-state index contributed by atoms with van der Waals surface area (Å²) >= 11 is 0. The molecular weight excluding hydrogens is 320 g/mol. The van der Waals surface area contributed by atoms with Gasteiger partial charge in [0, 0.05) is 23.0 Å². The standard InChI is InChI=1S/C16H26O4S2/c1-4-13(11-19-16(18)12(2)3)20-15(17)8-6-5-7-14-9-10-21-22-14/h13-14H,2,4-11H2,1,3H3. The second-order valence-electron chi connectivity index (χ2n) is 5.47. The van der Waals surface area contributed by atoms with Crippen LogP contribution in [0.25, 0.3) is 0 Å². The van der Waals surface area contributed by atoms with Gasteiger partial charge in [-0.15, -0.1) is 0 Å². The number of carbonyl (C=O) groups excluding carboxylic acids is 2. The Kier molecular flexibility index (Phi) is 9.71. The molecule has 1 saturated heterocycles. The van der Waals surface area contributed by atoms with E-state index in [1.165, 1.54) is 18.6 Å². The number of unbranched alkanes of at least 4 members (excludes halogenated alkanes) is 1. The van der Waals surface area contributed by atoms with Crippen LogP contribution < -0.4 is 0 Å². The van der Waals surface area contributed by atoms with E-state index in [2.05, 4.69) is 6.58 Å². The van der Waals surface area contributed by atoms with E-state index in [1.807, 2.05) is 28.5 Å². The number of esters is 2. The molecule has 0 bridgehead atoms. The Labute approximate surface area is 141 Å². The van der Waals surface area contributed by atoms with E-state index in [1.54, 1.807) is 6.92 Å². The van der Waals surface area contributed by atoms with Crippen molar-refractivity contribution in [3.05, 3.63) is 12.2 Å². The predicted octanol–water partition coefficient (Wildman–Crippen LogP) is 4.14. The molecule has 0 aromatic heterocycles. The SMILES string of the molecule is C=C(C)C(=O)OCC(CC)OC(=O)CCCCC1CCSS1. The van der Waals surface area contributed by atoms with Crippen LogP contribution in [0.3, 0.4) is 0 Å². The molecule has 0 saturated carbocycles. The number of carbonyl (C=O) groups is 2. The summed E-state index contributed by atoms with van der Waals surface area (Å²) in [5.41, 5.74) is 0.351. The van der Waals surface area contributed by atoms with Crippen LogP contribution in [0.5, 0.6) is 0 Å². The zero-order valence-corrected chi connectivity index (χ0v) is 15.1. The van der Waals surface area contributed by atoms with Gasteiger partial charge < -0.3 is 9.47 Å². The van der Waals surface area contributed by atoms with Gasteiger partial charge in [0.25, 0.3) is 0 Å². The summed E-state index contributed by atoms with van der Waals surface area (Å²) in [4.78, 5) is 23.1. The summed E-state index contributed by atoms with van der Waals surface area (Å²) in [6.07, 6.45) is 5.10. The zero-order chi connectivity index (χ0) is 16.4. The number of hydrogen-bond donors (Lipinski definition) is 0. The third kappa shape index (κ3) is 8.13. The van der Waals surface area contributed by atoms with Crippen LogP contribution in [-0.4, -0.2) is 35.7 Å². The summed E-state index contributed by atoms with van der Waals surface area (Å²) < 4.78 is 10.4. The molecule has 0 aromatic carbocycles. The van der Waals surface area contributed by atoms with Crippen molar-refractivity contribution in [1.82, 2.24) is 0 Å². The number of rotatable bonds is 10. The van der Waals surface area contributed by atoms with Gasteiger partial charge in [0.05, 0.1) is 0 Å². The van der Waals surface area contributed by atoms with Gasteiger partial charge in [-0.05, 0) is 32.6 Å². The Morgan fingerprint density at radius 2 is 2.14 bits per heavy atom. The monoisotopic (exact) mass is 346 g/mol. The summed E-state index contributed by atoms with van der Waals surface area (Å²) in [5.74, 6) is 0.603. The van der Waals surface area contributed by atoms with Gasteiger partial charge in [0.2, 0.25) is 0 Å². The fraction of sp³-hybridized carbons (Fsp3) is 0.750. The van der Waals surface area contributed by atoms with Crippen molar-refractivity contribution >= 4 is 33.5 Å². The van der Waals surface area contributed by atoms with Crippen molar-refractivity contribution in [2.45, 2.75) is 63.7 Å². The lowest BCUT2D eigenvalue weighted by Crippen LogP contribution is -2.24. The van der Waals surface area contributed by atoms with E-state index in [-0.39, 0.29) is 18.7 Å². The largest absolute Gasteiger partial charge is 0.459 e. The van der Waals surface area contributed by atoms with Crippen molar-refractivity contribution in [2.75, 3.05) is 12.4 Å². The van der Waals surface area contributed by atoms with E-state index >= 15 is 0 Å². The average molecular weight is 347 g/mol. The fourth-order valence-electron chi connectivity index (χ4n) is 1.98. The van der Waals surface area contributed by atoms with Gasteiger partial charge in [-0.3, -0.25) is 4.79 Å². The normalized spacial score (nSPS) is 18.7. The quantitative estimate of drug-likeness (QED) is 0.256. The van der Waals surface area contributed by atoms with Gasteiger partial charge in [0.1, 0.15) is 12.7 Å². The lowest BCUT2D eigenvalue weighted by molar-refractivity contribution is -0.157. The summed E-state index contributed by atoms with van der Waals surface area (Å²) in [6.45, 7) is 7.12. The molecule has 0 aliphatic carbocycles. The molecular formula is C16H26O4S2. The van der Waals surface area contributed by atoms with E-state index in [0.717, 1.165) is 18.1 Å². The molecule has 6 heteroatoms. The molecule has 0 spiro atoms. The minimum atomic E-state index is -0.443. The Balaban J connectivity index is 2.12. The fourth-order valence-corrected chi connectivity index (χ4v) is 5.01. The molecule has 22 heavy (non-hydrogen) atoms. The zero-order valence-electron chi connectivity index (χ0n) is 13.5. The first-order valence-corrected chi connectivity index (χ1v) is 10.2. The average Bonchev–Trinajstić information content (AvgIpc) is 3.00. The first-order chi connectivity index (χ1) is 10.5. The topological polar surface area (TPSA) is 52.6 Å². The highest BCUT2D eigenvalue weighted by atomic mass is 33.1. The van der Waals surface area contributed by atoms with Crippen molar-refractivity contribution in [2.24, 2.45) is 0 Å². The Morgan fingerprint density at radius 3 is 2.73 bits per heavy atom. The minimum Gasteiger partial charge on any atom is -0.459 e. The lowest BCUT2D eigenvalue weighted by Gasteiger charge is -2.16. The Hall–Kier alpha value is -0.620. The van der Waals surface area contributed by atoms with Crippen LogP contribution in [0.15, 0.2) is 12.2 Å². The Morgan fingerprint density at radius 1 is 1.36 bits per heavy atom. The molecule has 1 fully saturated rings. The molecule has 2 atom stereocenters. The van der Waals surface area contributed by atoms with Gasteiger partial charge >= 0.3 is 11.9 Å². The van der Waals surface area contributed by atoms with Crippen LogP contribution in [0.1, 0.15) is 52.4 Å². The molecule has 126 valence electrons. The highest BCUT2D eigenvalue weighted by Gasteiger charge is 2.17. The summed E-state index contributed by atoms with van der Waals surface area (Å²) in [5, 5.41) is 0.756. The van der Waals surface area contributed by atoms with E-state index in [9.17, 15) is 9.59 Å². The summed E-state index contributed by atoms with van der Waals surface area (Å²) in [7, 11) is 3.92. The molecule has 1 aliphatic rings. The van der Waals surface area contributed by atoms with Crippen LogP contribution in [0.2, 0.25) is 0 Å². The van der Waals surface area contributed by atoms with Gasteiger partial charge in [-0.2, -0.15) is 0 Å². The third-order valence-corrected chi connectivity index (χ3v) is 6.39. The smallest absolute Gasteiger partial charge is 0.333 e. The maximum Gasteiger partial charge on any atom is 0.333 e. The van der Waals surface area contributed by atoms with Crippen molar-refractivity contribution in [3.8, 4) is 0 Å². The molecule has 4 nitrogen and oxygen atoms in total. The van der Waals surface area contributed by atoms with E-state index < -0.39 is 5.97 Å². The molecule has 1 rings (SSSR count).